The summed E-state index contributed by atoms with van der Waals surface area (Å²) < 4.78 is 0. The minimum Gasteiger partial charge on any atom is -0.349 e. The van der Waals surface area contributed by atoms with Crippen molar-refractivity contribution in [3.8, 4) is 0 Å². The van der Waals surface area contributed by atoms with E-state index in [1.54, 1.807) is 0 Å². The molecule has 106 valence electrons. The molecule has 0 radical (unpaired) electrons. The van der Waals surface area contributed by atoms with Gasteiger partial charge in [0.2, 0.25) is 5.91 Å². The summed E-state index contributed by atoms with van der Waals surface area (Å²) in [6.45, 7) is 11.9. The Balaban J connectivity index is 2.61. The molecular weight excluding hydrogens is 234 g/mol. The Hall–Kier alpha value is -1.31. The van der Waals surface area contributed by atoms with Crippen LogP contribution in [-0.4, -0.2) is 11.9 Å². The molecule has 0 bridgehead atoms. The molecule has 0 aliphatic heterocycles. The van der Waals surface area contributed by atoms with Crippen LogP contribution in [0.4, 0.5) is 0 Å². The van der Waals surface area contributed by atoms with Crippen molar-refractivity contribution < 1.29 is 4.79 Å². The predicted molar refractivity (Wildman–Crippen MR) is 81.9 cm³/mol. The van der Waals surface area contributed by atoms with Gasteiger partial charge in [-0.25, -0.2) is 0 Å². The minimum absolute atomic E-state index is 0.0632. The fourth-order valence-electron chi connectivity index (χ4n) is 2.65. The van der Waals surface area contributed by atoms with Gasteiger partial charge in [-0.2, -0.15) is 0 Å². The Morgan fingerprint density at radius 3 is 2.37 bits per heavy atom. The van der Waals surface area contributed by atoms with Crippen LogP contribution in [0.1, 0.15) is 53.4 Å². The topological polar surface area (TPSA) is 29.1 Å². The van der Waals surface area contributed by atoms with Crippen LogP contribution in [0.25, 0.3) is 0 Å². The maximum Gasteiger partial charge on any atom is 0.247 e. The van der Waals surface area contributed by atoms with E-state index in [1.165, 1.54) is 19.3 Å². The first kappa shape index (κ1) is 15.7. The number of carbonyl (C=O) groups is 1. The van der Waals surface area contributed by atoms with Gasteiger partial charge in [0.25, 0.3) is 0 Å². The van der Waals surface area contributed by atoms with Gasteiger partial charge in [-0.05, 0) is 39.5 Å². The minimum atomic E-state index is 0.0632. The molecule has 0 spiro atoms. The van der Waals surface area contributed by atoms with E-state index in [4.69, 9.17) is 0 Å². The normalized spacial score (nSPS) is 25.1. The summed E-state index contributed by atoms with van der Waals surface area (Å²) in [6.07, 6.45) is 8.77. The lowest BCUT2D eigenvalue weighted by Gasteiger charge is -2.29. The van der Waals surface area contributed by atoms with Crippen molar-refractivity contribution in [1.82, 2.24) is 5.32 Å². The molecule has 0 saturated heterocycles. The first-order valence-electron chi connectivity index (χ1n) is 7.23. The zero-order valence-electron chi connectivity index (χ0n) is 12.8. The highest BCUT2D eigenvalue weighted by Gasteiger charge is 2.22. The first-order chi connectivity index (χ1) is 8.90. The summed E-state index contributed by atoms with van der Waals surface area (Å²) >= 11 is 0. The van der Waals surface area contributed by atoms with Crippen LogP contribution in [-0.2, 0) is 4.79 Å². The number of carbonyl (C=O) groups excluding carboxylic acids is 1. The molecular formula is C17H27NO. The maximum atomic E-state index is 12.1. The molecule has 2 heteroatoms. The Kier molecular flexibility index (Phi) is 6.07. The smallest absolute Gasteiger partial charge is 0.247 e. The molecule has 1 rings (SSSR count). The van der Waals surface area contributed by atoms with Gasteiger partial charge in [-0.1, -0.05) is 49.6 Å². The van der Waals surface area contributed by atoms with Crippen LogP contribution >= 0.6 is 0 Å². The third kappa shape index (κ3) is 5.46. The van der Waals surface area contributed by atoms with Gasteiger partial charge in [0.15, 0.2) is 0 Å². The van der Waals surface area contributed by atoms with E-state index >= 15 is 0 Å². The monoisotopic (exact) mass is 261 g/mol. The Labute approximate surface area is 117 Å². The molecule has 2 atom stereocenters. The lowest BCUT2D eigenvalue weighted by Crippen LogP contribution is -2.41. The number of amides is 1. The Bertz CT molecular complexity index is 403. The van der Waals surface area contributed by atoms with Crippen molar-refractivity contribution >= 4 is 5.91 Å². The Morgan fingerprint density at radius 1 is 1.16 bits per heavy atom. The van der Waals surface area contributed by atoms with Crippen LogP contribution in [0, 0.1) is 5.92 Å². The van der Waals surface area contributed by atoms with Gasteiger partial charge in [-0.15, -0.1) is 0 Å². The lowest BCUT2D eigenvalue weighted by molar-refractivity contribution is -0.118. The van der Waals surface area contributed by atoms with Crippen LogP contribution in [0.3, 0.4) is 0 Å². The summed E-state index contributed by atoms with van der Waals surface area (Å²) in [5.41, 5.74) is 2.84. The van der Waals surface area contributed by atoms with Crippen LogP contribution < -0.4 is 5.32 Å². The second-order valence-electron chi connectivity index (χ2n) is 5.90. The highest BCUT2D eigenvalue weighted by Crippen LogP contribution is 2.23. The second kappa shape index (κ2) is 7.32. The molecule has 0 heterocycles. The van der Waals surface area contributed by atoms with E-state index in [0.29, 0.717) is 12.0 Å². The molecule has 0 aromatic rings. The highest BCUT2D eigenvalue weighted by atomic mass is 16.1. The summed E-state index contributed by atoms with van der Waals surface area (Å²) in [5, 5.41) is 3.17. The molecule has 0 aromatic heterocycles. The average Bonchev–Trinajstić information content (AvgIpc) is 2.30. The van der Waals surface area contributed by atoms with Crippen molar-refractivity contribution in [3.05, 3.63) is 35.5 Å². The predicted octanol–water partition coefficient (Wildman–Crippen LogP) is 4.15. The first-order valence-corrected chi connectivity index (χ1v) is 7.23. The SMILES string of the molecule is C=C(C)/C=C(C)\C=C(/C)C(=O)NC1CCCCC1C. The zero-order chi connectivity index (χ0) is 14.4. The summed E-state index contributed by atoms with van der Waals surface area (Å²) in [7, 11) is 0. The average molecular weight is 261 g/mol. The van der Waals surface area contributed by atoms with E-state index in [0.717, 1.165) is 23.1 Å². The van der Waals surface area contributed by atoms with E-state index < -0.39 is 0 Å². The van der Waals surface area contributed by atoms with Gasteiger partial charge in [0.05, 0.1) is 0 Å². The van der Waals surface area contributed by atoms with Gasteiger partial charge < -0.3 is 5.32 Å². The number of hydrogen-bond donors (Lipinski definition) is 1. The molecule has 2 nitrogen and oxygen atoms in total. The third-order valence-electron chi connectivity index (χ3n) is 3.70. The van der Waals surface area contributed by atoms with Crippen molar-refractivity contribution in [2.75, 3.05) is 0 Å². The molecule has 0 aromatic carbocycles. The molecule has 1 amide bonds. The summed E-state index contributed by atoms with van der Waals surface area (Å²) in [4.78, 5) is 12.1. The number of rotatable bonds is 4. The molecule has 1 saturated carbocycles. The van der Waals surface area contributed by atoms with E-state index in [-0.39, 0.29) is 5.91 Å². The van der Waals surface area contributed by atoms with Gasteiger partial charge >= 0.3 is 0 Å². The van der Waals surface area contributed by atoms with Crippen LogP contribution in [0.5, 0.6) is 0 Å². The molecule has 1 fully saturated rings. The highest BCUT2D eigenvalue weighted by molar-refractivity contribution is 5.93. The number of allylic oxidation sites excluding steroid dienone is 4. The molecule has 1 aliphatic rings. The van der Waals surface area contributed by atoms with E-state index in [2.05, 4.69) is 18.8 Å². The maximum absolute atomic E-state index is 12.1. The van der Waals surface area contributed by atoms with Gasteiger partial charge in [0, 0.05) is 11.6 Å². The molecule has 1 aliphatic carbocycles. The van der Waals surface area contributed by atoms with Gasteiger partial charge in [-0.3, -0.25) is 4.79 Å². The lowest BCUT2D eigenvalue weighted by atomic mass is 9.86. The molecule has 2 unspecified atom stereocenters. The largest absolute Gasteiger partial charge is 0.349 e. The number of hydrogen-bond acceptors (Lipinski definition) is 1. The van der Waals surface area contributed by atoms with Crippen molar-refractivity contribution in [2.45, 2.75) is 59.4 Å². The van der Waals surface area contributed by atoms with Crippen molar-refractivity contribution in [1.29, 1.82) is 0 Å². The third-order valence-corrected chi connectivity index (χ3v) is 3.70. The molecule has 1 N–H and O–H groups in total. The summed E-state index contributed by atoms with van der Waals surface area (Å²) in [5.74, 6) is 0.658. The fraction of sp³-hybridized carbons (Fsp3) is 0.588. The zero-order valence-corrected chi connectivity index (χ0v) is 12.8. The fourth-order valence-corrected chi connectivity index (χ4v) is 2.65. The van der Waals surface area contributed by atoms with E-state index in [1.807, 2.05) is 32.9 Å². The standard InChI is InChI=1S/C17H27NO/c1-12(2)10-13(3)11-15(5)17(19)18-16-9-7-6-8-14(16)4/h10-11,14,16H,1,6-9H2,2-5H3,(H,18,19)/b13-10-,15-11+. The van der Waals surface area contributed by atoms with Crippen molar-refractivity contribution in [2.24, 2.45) is 5.92 Å². The number of nitrogens with one attached hydrogen (secondary N) is 1. The van der Waals surface area contributed by atoms with Crippen LogP contribution in [0.15, 0.2) is 35.5 Å². The quantitative estimate of drug-likeness (QED) is 0.598. The van der Waals surface area contributed by atoms with Gasteiger partial charge in [0.1, 0.15) is 0 Å². The van der Waals surface area contributed by atoms with Crippen LogP contribution in [0.2, 0.25) is 0 Å². The Morgan fingerprint density at radius 2 is 1.79 bits per heavy atom. The summed E-state index contributed by atoms with van der Waals surface area (Å²) in [6, 6.07) is 0.343. The molecule has 19 heavy (non-hydrogen) atoms. The second-order valence-corrected chi connectivity index (χ2v) is 5.90. The van der Waals surface area contributed by atoms with Crippen molar-refractivity contribution in [3.63, 3.8) is 0 Å². The van der Waals surface area contributed by atoms with E-state index in [9.17, 15) is 4.79 Å².